The Labute approximate surface area is 170 Å². The number of hydrogen-bond acceptors (Lipinski definition) is 2. The van der Waals surface area contributed by atoms with Crippen molar-refractivity contribution in [2.24, 2.45) is 11.8 Å². The molecule has 4 heteroatoms. The molecule has 0 spiro atoms. The Balaban J connectivity index is 1.87. The van der Waals surface area contributed by atoms with Gasteiger partial charge in [0.25, 0.3) is 0 Å². The molecule has 2 aromatic rings. The average Bonchev–Trinajstić information content (AvgIpc) is 3.41. The maximum Gasteiger partial charge on any atom is 0.133 e. The molecule has 3 aliphatic rings. The number of fused-ring (bicyclic) bond motifs is 2. The summed E-state index contributed by atoms with van der Waals surface area (Å²) in [6, 6.07) is 8.39. The number of allylic oxidation sites excluding steroid dienone is 8. The summed E-state index contributed by atoms with van der Waals surface area (Å²) >= 11 is 0. The number of furan rings is 2. The van der Waals surface area contributed by atoms with Crippen LogP contribution in [0.2, 0.25) is 13.1 Å². The van der Waals surface area contributed by atoms with Gasteiger partial charge in [-0.1, -0.05) is 48.5 Å². The van der Waals surface area contributed by atoms with Crippen LogP contribution in [0.5, 0.6) is 0 Å². The van der Waals surface area contributed by atoms with Gasteiger partial charge >= 0.3 is 0 Å². The van der Waals surface area contributed by atoms with Crippen LogP contribution in [0.15, 0.2) is 77.6 Å². The molecule has 5 rings (SSSR count). The van der Waals surface area contributed by atoms with Crippen LogP contribution in [-0.4, -0.2) is 17.6 Å². The Kier molecular flexibility index (Phi) is 3.84. The molecule has 144 valence electrons. The van der Waals surface area contributed by atoms with Crippen molar-refractivity contribution in [2.75, 3.05) is 0 Å². The van der Waals surface area contributed by atoms with Crippen LogP contribution in [0.1, 0.15) is 39.2 Å². The van der Waals surface area contributed by atoms with Crippen molar-refractivity contribution < 1.29 is 8.83 Å². The second kappa shape index (κ2) is 5.97. The molecule has 0 fully saturated rings. The topological polar surface area (TPSA) is 26.3 Å². The van der Waals surface area contributed by atoms with E-state index < -0.39 is 17.6 Å². The smallest absolute Gasteiger partial charge is 0.133 e. The van der Waals surface area contributed by atoms with Crippen molar-refractivity contribution in [3.63, 3.8) is 0 Å². The van der Waals surface area contributed by atoms with Crippen LogP contribution >= 0.6 is 0 Å². The molecule has 1 aliphatic heterocycles. The van der Waals surface area contributed by atoms with E-state index in [1.807, 2.05) is 24.7 Å². The van der Waals surface area contributed by atoms with Gasteiger partial charge in [-0.2, -0.15) is 0 Å². The van der Waals surface area contributed by atoms with Gasteiger partial charge < -0.3 is 8.83 Å². The van der Waals surface area contributed by atoms with Crippen molar-refractivity contribution in [2.45, 2.75) is 40.8 Å². The van der Waals surface area contributed by atoms with Crippen LogP contribution in [0.25, 0.3) is 11.1 Å². The van der Waals surface area contributed by atoms with Crippen molar-refractivity contribution >= 4 is 28.7 Å². The first-order valence-electron chi connectivity index (χ1n) is 10.3. The van der Waals surface area contributed by atoms with Crippen LogP contribution in [-0.2, 0) is 0 Å². The third-order valence-electron chi connectivity index (χ3n) is 7.44. The number of rotatable bonds is 2. The van der Waals surface area contributed by atoms with Gasteiger partial charge in [0.1, 0.15) is 19.6 Å². The molecule has 2 aliphatic carbocycles. The van der Waals surface area contributed by atoms with Gasteiger partial charge in [0.15, 0.2) is 0 Å². The van der Waals surface area contributed by atoms with E-state index in [0.717, 1.165) is 11.5 Å². The molecule has 4 bridgehead atoms. The predicted molar refractivity (Wildman–Crippen MR) is 121 cm³/mol. The molecule has 0 amide bonds. The second-order valence-electron chi connectivity index (χ2n) is 9.12. The Morgan fingerprint density at radius 2 is 1.21 bits per heavy atom. The molecule has 0 aromatic carbocycles. The highest BCUT2D eigenvalue weighted by atomic mass is 28.3. The molecule has 0 radical (unpaired) electrons. The standard InChI is InChI=1S/C24H28O2Si2/c1-13-15(3)23-19(17-9-7-11-25-17)21(13)27-22-14(2)16(4)24(28(23,5)6)20(22)18-10-8-12-26-18/h7-14H,27H2,1-6H3. The molecule has 2 aromatic heterocycles. The zero-order valence-electron chi connectivity index (χ0n) is 17.6. The largest absolute Gasteiger partial charge is 0.464 e. The first kappa shape index (κ1) is 18.0. The third kappa shape index (κ3) is 2.19. The summed E-state index contributed by atoms with van der Waals surface area (Å²) in [5.41, 5.74) is 6.08. The molecule has 0 saturated carbocycles. The summed E-state index contributed by atoms with van der Waals surface area (Å²) in [7, 11) is -2.56. The fraction of sp³-hybridized carbons (Fsp3) is 0.333. The van der Waals surface area contributed by atoms with E-state index in [1.165, 1.54) is 11.1 Å². The zero-order valence-corrected chi connectivity index (χ0v) is 20.1. The molecule has 2 atom stereocenters. The number of hydrogen-bond donors (Lipinski definition) is 0. The highest BCUT2D eigenvalue weighted by Gasteiger charge is 2.49. The molecule has 3 heterocycles. The van der Waals surface area contributed by atoms with Gasteiger partial charge in [-0.25, -0.2) is 0 Å². The lowest BCUT2D eigenvalue weighted by molar-refractivity contribution is 0.553. The van der Waals surface area contributed by atoms with E-state index in [4.69, 9.17) is 8.83 Å². The van der Waals surface area contributed by atoms with Gasteiger partial charge in [0.2, 0.25) is 0 Å². The van der Waals surface area contributed by atoms with Crippen LogP contribution < -0.4 is 0 Å². The summed E-state index contributed by atoms with van der Waals surface area (Å²) in [6.07, 6.45) is 3.65. The van der Waals surface area contributed by atoms with Gasteiger partial charge in [-0.15, -0.1) is 0 Å². The minimum atomic E-state index is -1.95. The van der Waals surface area contributed by atoms with Gasteiger partial charge in [0, 0.05) is 11.1 Å². The molecular formula is C24H28O2Si2. The van der Waals surface area contributed by atoms with E-state index >= 15 is 0 Å². The van der Waals surface area contributed by atoms with Crippen molar-refractivity contribution in [1.29, 1.82) is 0 Å². The molecule has 0 N–H and O–H groups in total. The van der Waals surface area contributed by atoms with E-state index in [9.17, 15) is 0 Å². The minimum Gasteiger partial charge on any atom is -0.464 e. The average molecular weight is 405 g/mol. The highest BCUT2D eigenvalue weighted by molar-refractivity contribution is 6.96. The molecule has 28 heavy (non-hydrogen) atoms. The normalized spacial score (nSPS) is 27.4. The lowest BCUT2D eigenvalue weighted by atomic mass is 10.1. The second-order valence-corrected chi connectivity index (χ2v) is 15.2. The maximum absolute atomic E-state index is 5.99. The zero-order chi connectivity index (χ0) is 19.8. The molecule has 2 unspecified atom stereocenters. The summed E-state index contributed by atoms with van der Waals surface area (Å²) in [4.78, 5) is 0. The minimum absolute atomic E-state index is 0.534. The summed E-state index contributed by atoms with van der Waals surface area (Å²) in [6.45, 7) is 14.6. The van der Waals surface area contributed by atoms with E-state index in [1.54, 1.807) is 31.9 Å². The lowest BCUT2D eigenvalue weighted by Gasteiger charge is -2.32. The molecular weight excluding hydrogens is 376 g/mol. The molecule has 0 saturated heterocycles. The van der Waals surface area contributed by atoms with Gasteiger partial charge in [-0.3, -0.25) is 0 Å². The predicted octanol–water partition coefficient (Wildman–Crippen LogP) is 5.90. The maximum atomic E-state index is 5.99. The van der Waals surface area contributed by atoms with Gasteiger partial charge in [-0.05, 0) is 60.3 Å². The first-order valence-corrected chi connectivity index (χ1v) is 14.7. The monoisotopic (exact) mass is 404 g/mol. The fourth-order valence-corrected chi connectivity index (χ4v) is 13.4. The van der Waals surface area contributed by atoms with E-state index in [0.29, 0.717) is 11.8 Å². The Morgan fingerprint density at radius 3 is 1.57 bits per heavy atom. The summed E-state index contributed by atoms with van der Waals surface area (Å²) in [5.74, 6) is 3.22. The highest BCUT2D eigenvalue weighted by Crippen LogP contribution is 2.56. The first-order chi connectivity index (χ1) is 13.3. The van der Waals surface area contributed by atoms with E-state index in [-0.39, 0.29) is 0 Å². The third-order valence-corrected chi connectivity index (χ3v) is 13.9. The molecule has 2 nitrogen and oxygen atoms in total. The Morgan fingerprint density at radius 1 is 0.786 bits per heavy atom. The SMILES string of the molecule is CC1=C2C(c3ccco3)=C([SiH2]C3=C(c4ccco4)C(=C(C)C3C)[Si]2(C)C)C1C. The Hall–Kier alpha value is -2.05. The van der Waals surface area contributed by atoms with E-state index in [2.05, 4.69) is 52.9 Å². The van der Waals surface area contributed by atoms with Crippen LogP contribution in [0, 0.1) is 11.8 Å². The summed E-state index contributed by atoms with van der Waals surface area (Å²) < 4.78 is 12.0. The van der Waals surface area contributed by atoms with Crippen molar-refractivity contribution in [3.8, 4) is 0 Å². The van der Waals surface area contributed by atoms with Crippen molar-refractivity contribution in [1.82, 2.24) is 0 Å². The van der Waals surface area contributed by atoms with Crippen molar-refractivity contribution in [3.05, 3.63) is 80.2 Å². The van der Waals surface area contributed by atoms with Gasteiger partial charge in [0.05, 0.1) is 22.0 Å². The lowest BCUT2D eigenvalue weighted by Crippen LogP contribution is -2.35. The Bertz CT molecular complexity index is 1000. The fourth-order valence-electron chi connectivity index (χ4n) is 5.93. The summed E-state index contributed by atoms with van der Waals surface area (Å²) in [5, 5.41) is 6.57. The van der Waals surface area contributed by atoms with Crippen LogP contribution in [0.3, 0.4) is 0 Å². The van der Waals surface area contributed by atoms with Crippen LogP contribution in [0.4, 0.5) is 0 Å². The quantitative estimate of drug-likeness (QED) is 0.583.